The zero-order valence-corrected chi connectivity index (χ0v) is 18.3. The fourth-order valence-electron chi connectivity index (χ4n) is 2.64. The van der Waals surface area contributed by atoms with Crippen molar-refractivity contribution in [3.63, 3.8) is 0 Å². The van der Waals surface area contributed by atoms with Gasteiger partial charge in [0, 0.05) is 37.8 Å². The minimum Gasteiger partial charge on any atom is -0.354 e. The van der Waals surface area contributed by atoms with Crippen LogP contribution in [-0.4, -0.2) is 49.6 Å². The van der Waals surface area contributed by atoms with Crippen molar-refractivity contribution in [2.75, 3.05) is 32.3 Å². The van der Waals surface area contributed by atoms with Crippen molar-refractivity contribution in [1.29, 1.82) is 0 Å². The molecule has 5 nitrogen and oxygen atoms in total. The Bertz CT molecular complexity index is 492. The van der Waals surface area contributed by atoms with Gasteiger partial charge in [0.1, 0.15) is 0 Å². The monoisotopic (exact) mass is 469 g/mol. The van der Waals surface area contributed by atoms with Gasteiger partial charge in [0.05, 0.1) is 12.2 Å². The molecular weight excluding hydrogens is 441 g/mol. The summed E-state index contributed by atoms with van der Waals surface area (Å²) >= 11 is 3.65. The molecule has 1 aliphatic rings. The number of nitrogens with one attached hydrogen (secondary N) is 2. The summed E-state index contributed by atoms with van der Waals surface area (Å²) in [6.07, 6.45) is 7.32. The Balaban J connectivity index is 0.00000264. The van der Waals surface area contributed by atoms with Gasteiger partial charge in [-0.3, -0.25) is 4.99 Å². The Labute approximate surface area is 165 Å². The van der Waals surface area contributed by atoms with Gasteiger partial charge in [-0.15, -0.1) is 35.3 Å². The van der Waals surface area contributed by atoms with Crippen LogP contribution in [0.3, 0.4) is 0 Å². The molecule has 1 fully saturated rings. The van der Waals surface area contributed by atoms with Gasteiger partial charge in [0.25, 0.3) is 0 Å². The first kappa shape index (κ1) is 20.8. The van der Waals surface area contributed by atoms with Gasteiger partial charge in [-0.2, -0.15) is 11.8 Å². The van der Waals surface area contributed by atoms with Crippen LogP contribution in [0.4, 0.5) is 5.13 Å². The van der Waals surface area contributed by atoms with Gasteiger partial charge < -0.3 is 15.5 Å². The normalized spacial score (nSPS) is 21.5. The predicted octanol–water partition coefficient (Wildman–Crippen LogP) is 3.17. The molecule has 1 saturated carbocycles. The molecule has 1 heterocycles. The molecule has 1 aliphatic carbocycles. The van der Waals surface area contributed by atoms with Gasteiger partial charge in [-0.1, -0.05) is 6.42 Å². The van der Waals surface area contributed by atoms with Crippen LogP contribution in [-0.2, 0) is 6.54 Å². The Morgan fingerprint density at radius 1 is 1.48 bits per heavy atom. The van der Waals surface area contributed by atoms with E-state index in [4.69, 9.17) is 0 Å². The van der Waals surface area contributed by atoms with Gasteiger partial charge >= 0.3 is 0 Å². The zero-order valence-electron chi connectivity index (χ0n) is 14.3. The quantitative estimate of drug-likeness (QED) is 0.394. The van der Waals surface area contributed by atoms with Crippen molar-refractivity contribution in [2.24, 2.45) is 4.99 Å². The van der Waals surface area contributed by atoms with E-state index in [1.165, 1.54) is 25.7 Å². The zero-order chi connectivity index (χ0) is 15.9. The van der Waals surface area contributed by atoms with E-state index in [2.05, 4.69) is 32.2 Å². The number of halogens is 1. The van der Waals surface area contributed by atoms with Crippen LogP contribution in [0.25, 0.3) is 0 Å². The molecule has 0 saturated heterocycles. The lowest BCUT2D eigenvalue weighted by atomic mass is 9.95. The fraction of sp³-hybridized carbons (Fsp3) is 0.733. The third kappa shape index (κ3) is 6.66. The van der Waals surface area contributed by atoms with E-state index in [0.29, 0.717) is 12.6 Å². The van der Waals surface area contributed by atoms with E-state index in [1.807, 2.05) is 37.8 Å². The second-order valence-corrected chi connectivity index (χ2v) is 7.78. The van der Waals surface area contributed by atoms with Crippen molar-refractivity contribution >= 4 is 58.2 Å². The third-order valence-corrected chi connectivity index (χ3v) is 6.04. The summed E-state index contributed by atoms with van der Waals surface area (Å²) in [6, 6.07) is 0.533. The van der Waals surface area contributed by atoms with Gasteiger partial charge in [-0.25, -0.2) is 4.98 Å². The highest BCUT2D eigenvalue weighted by molar-refractivity contribution is 14.0. The Morgan fingerprint density at radius 3 is 2.87 bits per heavy atom. The predicted molar refractivity (Wildman–Crippen MR) is 115 cm³/mol. The summed E-state index contributed by atoms with van der Waals surface area (Å²) in [5, 5.41) is 10.9. The Morgan fingerprint density at radius 2 is 2.26 bits per heavy atom. The van der Waals surface area contributed by atoms with Crippen LogP contribution in [0.15, 0.2) is 10.4 Å². The summed E-state index contributed by atoms with van der Waals surface area (Å²) in [5.41, 5.74) is 1.06. The Kier molecular flexibility index (Phi) is 9.60. The van der Waals surface area contributed by atoms with Crippen molar-refractivity contribution in [1.82, 2.24) is 15.6 Å². The first-order valence-electron chi connectivity index (χ1n) is 7.74. The fourth-order valence-corrected chi connectivity index (χ4v) is 4.22. The van der Waals surface area contributed by atoms with Crippen molar-refractivity contribution < 1.29 is 0 Å². The average molecular weight is 469 g/mol. The summed E-state index contributed by atoms with van der Waals surface area (Å²) in [7, 11) is 5.86. The molecule has 0 amide bonds. The Hall–Kier alpha value is -0.220. The van der Waals surface area contributed by atoms with Crippen LogP contribution in [0.1, 0.15) is 31.4 Å². The van der Waals surface area contributed by atoms with Gasteiger partial charge in [-0.05, 0) is 25.5 Å². The molecule has 2 atom stereocenters. The number of thioether (sulfide) groups is 1. The number of hydrogen-bond donors (Lipinski definition) is 2. The number of nitrogens with zero attached hydrogens (tertiary/aromatic N) is 3. The minimum absolute atomic E-state index is 0. The van der Waals surface area contributed by atoms with E-state index in [-0.39, 0.29) is 24.0 Å². The average Bonchev–Trinajstić information content (AvgIpc) is 3.01. The second kappa shape index (κ2) is 10.6. The SMILES string of the molecule is CN=C(NCc1csc(N(C)C)n1)NC1CCCC(SC)C1.I. The first-order valence-corrected chi connectivity index (χ1v) is 9.90. The molecule has 0 aromatic carbocycles. The number of guanidine groups is 1. The summed E-state index contributed by atoms with van der Waals surface area (Å²) in [5.74, 6) is 0.881. The van der Waals surface area contributed by atoms with Gasteiger partial charge in [0.15, 0.2) is 11.1 Å². The number of anilines is 1. The molecule has 1 aromatic rings. The molecule has 23 heavy (non-hydrogen) atoms. The highest BCUT2D eigenvalue weighted by Crippen LogP contribution is 2.26. The van der Waals surface area contributed by atoms with Crippen LogP contribution in [0, 0.1) is 0 Å². The van der Waals surface area contributed by atoms with E-state index >= 15 is 0 Å². The lowest BCUT2D eigenvalue weighted by Crippen LogP contribution is -2.45. The lowest BCUT2D eigenvalue weighted by molar-refractivity contribution is 0.419. The number of hydrogen-bond acceptors (Lipinski definition) is 5. The highest BCUT2D eigenvalue weighted by atomic mass is 127. The van der Waals surface area contributed by atoms with Crippen molar-refractivity contribution in [3.05, 3.63) is 11.1 Å². The van der Waals surface area contributed by atoms with Gasteiger partial charge in [0.2, 0.25) is 0 Å². The van der Waals surface area contributed by atoms with Crippen molar-refractivity contribution in [2.45, 2.75) is 43.5 Å². The third-order valence-electron chi connectivity index (χ3n) is 3.88. The van der Waals surface area contributed by atoms with Crippen LogP contribution in [0.5, 0.6) is 0 Å². The highest BCUT2D eigenvalue weighted by Gasteiger charge is 2.21. The van der Waals surface area contributed by atoms with Crippen LogP contribution < -0.4 is 15.5 Å². The molecule has 2 unspecified atom stereocenters. The number of aromatic nitrogens is 1. The molecular formula is C15H28IN5S2. The topological polar surface area (TPSA) is 52.6 Å². The standard InChI is InChI=1S/C15H27N5S2.HI/c1-16-14(18-11-6-5-7-13(8-11)21-4)17-9-12-10-22-15(19-12)20(2)3;/h10-11,13H,5-9H2,1-4H3,(H2,16,17,18);1H. The maximum absolute atomic E-state index is 4.58. The summed E-state index contributed by atoms with van der Waals surface area (Å²) < 4.78 is 0. The summed E-state index contributed by atoms with van der Waals surface area (Å²) in [6.45, 7) is 0.711. The molecule has 8 heteroatoms. The minimum atomic E-state index is 0. The molecule has 0 spiro atoms. The molecule has 0 bridgehead atoms. The van der Waals surface area contributed by atoms with E-state index < -0.39 is 0 Å². The smallest absolute Gasteiger partial charge is 0.191 e. The van der Waals surface area contributed by atoms with E-state index in [9.17, 15) is 0 Å². The number of aliphatic imine (C=N–C) groups is 1. The molecule has 0 aliphatic heterocycles. The molecule has 2 rings (SSSR count). The number of thiazole rings is 1. The molecule has 0 radical (unpaired) electrons. The molecule has 1 aromatic heterocycles. The number of rotatable bonds is 5. The molecule has 2 N–H and O–H groups in total. The second-order valence-electron chi connectivity index (χ2n) is 5.81. The van der Waals surface area contributed by atoms with Crippen LogP contribution >= 0.6 is 47.1 Å². The van der Waals surface area contributed by atoms with E-state index in [0.717, 1.165) is 22.0 Å². The van der Waals surface area contributed by atoms with Crippen molar-refractivity contribution in [3.8, 4) is 0 Å². The molecule has 132 valence electrons. The first-order chi connectivity index (χ1) is 10.6. The maximum atomic E-state index is 4.58. The maximum Gasteiger partial charge on any atom is 0.191 e. The van der Waals surface area contributed by atoms with E-state index in [1.54, 1.807) is 11.3 Å². The van der Waals surface area contributed by atoms with Crippen LogP contribution in [0.2, 0.25) is 0 Å². The summed E-state index contributed by atoms with van der Waals surface area (Å²) in [4.78, 5) is 11.0. The lowest BCUT2D eigenvalue weighted by Gasteiger charge is -2.29. The largest absolute Gasteiger partial charge is 0.354 e.